The lowest BCUT2D eigenvalue weighted by atomic mass is 10.1. The molecule has 1 heterocycles. The Morgan fingerprint density at radius 1 is 1.08 bits per heavy atom. The average molecular weight is 353 g/mol. The van der Waals surface area contributed by atoms with E-state index in [4.69, 9.17) is 5.11 Å². The van der Waals surface area contributed by atoms with Crippen molar-refractivity contribution in [1.29, 1.82) is 0 Å². The summed E-state index contributed by atoms with van der Waals surface area (Å²) in [5, 5.41) is 8.58. The maximum Gasteiger partial charge on any atom is 0.335 e. The minimum atomic E-state index is -1.01. The molecule has 0 aromatic heterocycles. The molecule has 1 saturated heterocycles. The number of imide groups is 1. The number of carboxylic acid groups (broad SMARTS) is 1. The number of hydrogen-bond acceptors (Lipinski definition) is 4. The second-order valence-corrected chi connectivity index (χ2v) is 6.73. The van der Waals surface area contributed by atoms with Crippen molar-refractivity contribution in [3.05, 3.63) is 69.6 Å². The number of hydrogen-bond donors (Lipinski definition) is 1. The Labute approximate surface area is 149 Å². The molecular formula is C19H15NO4S. The van der Waals surface area contributed by atoms with Crippen LogP contribution in [0.2, 0.25) is 0 Å². The van der Waals surface area contributed by atoms with Gasteiger partial charge in [-0.15, -0.1) is 0 Å². The lowest BCUT2D eigenvalue weighted by molar-refractivity contribution is -0.113. The highest BCUT2D eigenvalue weighted by atomic mass is 32.2. The molecule has 1 aliphatic heterocycles. The van der Waals surface area contributed by atoms with Crippen LogP contribution in [0.15, 0.2) is 47.4 Å². The molecule has 0 spiro atoms. The quantitative estimate of drug-likeness (QED) is 0.835. The van der Waals surface area contributed by atoms with Gasteiger partial charge < -0.3 is 5.11 Å². The van der Waals surface area contributed by atoms with Gasteiger partial charge in [-0.3, -0.25) is 9.59 Å². The highest BCUT2D eigenvalue weighted by Gasteiger charge is 2.36. The van der Waals surface area contributed by atoms with E-state index in [0.29, 0.717) is 16.2 Å². The molecule has 25 heavy (non-hydrogen) atoms. The van der Waals surface area contributed by atoms with Crippen molar-refractivity contribution in [2.45, 2.75) is 13.8 Å². The molecule has 2 amide bonds. The zero-order valence-electron chi connectivity index (χ0n) is 13.6. The van der Waals surface area contributed by atoms with Crippen LogP contribution >= 0.6 is 11.8 Å². The number of aryl methyl sites for hydroxylation is 2. The topological polar surface area (TPSA) is 74.7 Å². The minimum absolute atomic E-state index is 0.167. The van der Waals surface area contributed by atoms with E-state index in [1.54, 1.807) is 24.3 Å². The number of carbonyl (C=O) groups excluding carboxylic acids is 2. The largest absolute Gasteiger partial charge is 0.478 e. The Kier molecular flexibility index (Phi) is 4.46. The van der Waals surface area contributed by atoms with Crippen LogP contribution in [0.3, 0.4) is 0 Å². The molecule has 0 saturated carbocycles. The summed E-state index contributed by atoms with van der Waals surface area (Å²) in [5.74, 6) is -1.38. The highest BCUT2D eigenvalue weighted by molar-refractivity contribution is 8.19. The van der Waals surface area contributed by atoms with Crippen LogP contribution in [-0.4, -0.2) is 22.2 Å². The third-order valence-corrected chi connectivity index (χ3v) is 4.71. The number of nitrogens with zero attached hydrogens (tertiary/aromatic N) is 1. The summed E-state index contributed by atoms with van der Waals surface area (Å²) >= 11 is 0.877. The first-order valence-corrected chi connectivity index (χ1v) is 8.37. The summed E-state index contributed by atoms with van der Waals surface area (Å²) in [6.45, 7) is 3.81. The zero-order valence-corrected chi connectivity index (χ0v) is 14.5. The molecule has 1 N–H and O–H groups in total. The fraction of sp³-hybridized carbons (Fsp3) is 0.105. The van der Waals surface area contributed by atoms with Gasteiger partial charge in [-0.05, 0) is 61.0 Å². The van der Waals surface area contributed by atoms with Gasteiger partial charge >= 0.3 is 5.97 Å². The van der Waals surface area contributed by atoms with Gasteiger partial charge in [-0.1, -0.05) is 29.8 Å². The van der Waals surface area contributed by atoms with Gasteiger partial charge in [0.1, 0.15) is 0 Å². The van der Waals surface area contributed by atoms with E-state index in [-0.39, 0.29) is 16.7 Å². The molecule has 3 rings (SSSR count). The number of amides is 2. The van der Waals surface area contributed by atoms with E-state index in [1.165, 1.54) is 17.0 Å². The fourth-order valence-corrected chi connectivity index (χ4v) is 3.44. The van der Waals surface area contributed by atoms with Crippen molar-refractivity contribution in [2.24, 2.45) is 0 Å². The lowest BCUT2D eigenvalue weighted by Gasteiger charge is -2.15. The van der Waals surface area contributed by atoms with Crippen molar-refractivity contribution >= 4 is 40.6 Å². The zero-order chi connectivity index (χ0) is 18.1. The molecule has 0 unspecified atom stereocenters. The second-order valence-electron chi connectivity index (χ2n) is 5.73. The van der Waals surface area contributed by atoms with E-state index in [2.05, 4.69) is 0 Å². The van der Waals surface area contributed by atoms with Crippen molar-refractivity contribution in [3.8, 4) is 0 Å². The molecule has 0 atom stereocenters. The molecular weight excluding hydrogens is 338 g/mol. The lowest BCUT2D eigenvalue weighted by Crippen LogP contribution is -2.28. The number of benzene rings is 2. The summed E-state index contributed by atoms with van der Waals surface area (Å²) in [5.41, 5.74) is 3.33. The number of carboxylic acids is 1. The second kappa shape index (κ2) is 6.57. The smallest absolute Gasteiger partial charge is 0.335 e. The Morgan fingerprint density at radius 3 is 2.36 bits per heavy atom. The molecule has 1 fully saturated rings. The van der Waals surface area contributed by atoms with Crippen LogP contribution in [0.1, 0.15) is 27.0 Å². The molecule has 126 valence electrons. The monoisotopic (exact) mass is 353 g/mol. The highest BCUT2D eigenvalue weighted by Crippen LogP contribution is 2.37. The standard InChI is InChI=1S/C19H15NO4S/c1-11-3-8-15(12(2)9-11)20-17(21)16(25-19(20)24)10-13-4-6-14(7-5-13)18(22)23/h3-10H,1-2H3,(H,22,23)/b16-10-. The normalized spacial score (nSPS) is 15.9. The third kappa shape index (κ3) is 3.34. The first-order chi connectivity index (χ1) is 11.9. The van der Waals surface area contributed by atoms with Gasteiger partial charge in [-0.25, -0.2) is 9.69 Å². The number of carbonyl (C=O) groups is 3. The van der Waals surface area contributed by atoms with Crippen LogP contribution in [0.5, 0.6) is 0 Å². The summed E-state index contributed by atoms with van der Waals surface area (Å²) in [4.78, 5) is 37.3. The molecule has 5 nitrogen and oxygen atoms in total. The first kappa shape index (κ1) is 17.0. The first-order valence-electron chi connectivity index (χ1n) is 7.55. The van der Waals surface area contributed by atoms with Crippen molar-refractivity contribution in [3.63, 3.8) is 0 Å². The number of rotatable bonds is 3. The van der Waals surface area contributed by atoms with E-state index < -0.39 is 5.97 Å². The molecule has 0 bridgehead atoms. The SMILES string of the molecule is Cc1ccc(N2C(=O)S/C(=C\c3ccc(C(=O)O)cc3)C2=O)c(C)c1. The van der Waals surface area contributed by atoms with Gasteiger partial charge in [-0.2, -0.15) is 0 Å². The van der Waals surface area contributed by atoms with Crippen LogP contribution in [0, 0.1) is 13.8 Å². The predicted molar refractivity (Wildman–Crippen MR) is 97.8 cm³/mol. The molecule has 0 aliphatic carbocycles. The van der Waals surface area contributed by atoms with E-state index >= 15 is 0 Å². The molecule has 1 aliphatic rings. The van der Waals surface area contributed by atoms with E-state index in [1.807, 2.05) is 26.0 Å². The van der Waals surface area contributed by atoms with Crippen molar-refractivity contribution < 1.29 is 19.5 Å². The minimum Gasteiger partial charge on any atom is -0.478 e. The van der Waals surface area contributed by atoms with Gasteiger partial charge in [0, 0.05) is 0 Å². The van der Waals surface area contributed by atoms with Crippen LogP contribution in [0.25, 0.3) is 6.08 Å². The Balaban J connectivity index is 1.91. The third-order valence-electron chi connectivity index (χ3n) is 3.84. The maximum atomic E-state index is 12.7. The summed E-state index contributed by atoms with van der Waals surface area (Å²) < 4.78 is 0. The van der Waals surface area contributed by atoms with Crippen LogP contribution < -0.4 is 4.90 Å². The van der Waals surface area contributed by atoms with Crippen LogP contribution in [0.4, 0.5) is 10.5 Å². The summed E-state index contributed by atoms with van der Waals surface area (Å²) in [6, 6.07) is 11.7. The molecule has 2 aromatic rings. The fourth-order valence-electron chi connectivity index (χ4n) is 2.60. The van der Waals surface area contributed by atoms with Gasteiger partial charge in [0.25, 0.3) is 11.1 Å². The Morgan fingerprint density at radius 2 is 1.76 bits per heavy atom. The summed E-state index contributed by atoms with van der Waals surface area (Å²) in [7, 11) is 0. The molecule has 6 heteroatoms. The summed E-state index contributed by atoms with van der Waals surface area (Å²) in [6.07, 6.45) is 1.60. The molecule has 2 aromatic carbocycles. The van der Waals surface area contributed by atoms with Gasteiger partial charge in [0.2, 0.25) is 0 Å². The number of aromatic carboxylic acids is 1. The predicted octanol–water partition coefficient (Wildman–Crippen LogP) is 4.24. The number of thioether (sulfide) groups is 1. The van der Waals surface area contributed by atoms with Crippen molar-refractivity contribution in [2.75, 3.05) is 4.90 Å². The van der Waals surface area contributed by atoms with E-state index in [9.17, 15) is 14.4 Å². The average Bonchev–Trinajstić information content (AvgIpc) is 2.82. The maximum absolute atomic E-state index is 12.7. The van der Waals surface area contributed by atoms with Crippen molar-refractivity contribution in [1.82, 2.24) is 0 Å². The Hall–Kier alpha value is -2.86. The van der Waals surface area contributed by atoms with Gasteiger partial charge in [0.05, 0.1) is 16.2 Å². The molecule has 0 radical (unpaired) electrons. The van der Waals surface area contributed by atoms with Crippen LogP contribution in [-0.2, 0) is 4.79 Å². The Bertz CT molecular complexity index is 916. The number of anilines is 1. The van der Waals surface area contributed by atoms with Gasteiger partial charge in [0.15, 0.2) is 0 Å². The van der Waals surface area contributed by atoms with E-state index in [0.717, 1.165) is 22.9 Å².